The van der Waals surface area contributed by atoms with E-state index in [0.717, 1.165) is 24.2 Å². The molecular formula is C21H35ClF2N2O. The van der Waals surface area contributed by atoms with Crippen molar-refractivity contribution in [2.24, 2.45) is 0 Å². The van der Waals surface area contributed by atoms with E-state index in [-0.39, 0.29) is 35.4 Å². The Morgan fingerprint density at radius 3 is 2.04 bits per heavy atom. The quantitative estimate of drug-likeness (QED) is 0.740. The second-order valence-corrected chi connectivity index (χ2v) is 9.39. The predicted octanol–water partition coefficient (Wildman–Crippen LogP) is 5.01. The molecule has 1 heterocycles. The number of rotatable bonds is 4. The van der Waals surface area contributed by atoms with Gasteiger partial charge in [-0.2, -0.15) is 0 Å². The third kappa shape index (κ3) is 6.03. The minimum Gasteiger partial charge on any atom is -0.507 e. The number of halogens is 3. The molecule has 0 amide bonds. The highest BCUT2D eigenvalue weighted by molar-refractivity contribution is 5.85. The van der Waals surface area contributed by atoms with Gasteiger partial charge in [0.05, 0.1) is 0 Å². The fourth-order valence-corrected chi connectivity index (χ4v) is 3.55. The summed E-state index contributed by atoms with van der Waals surface area (Å²) in [4.78, 5) is 2.08. The van der Waals surface area contributed by atoms with Crippen molar-refractivity contribution in [3.63, 3.8) is 0 Å². The standard InChI is InChI=1S/C21H34F2N2O.ClH/c1-20(2,3)14-11-15(19(26)16(12-14)21(4,5)6)17(13-18(22)23)25-9-7-24-8-10-25;/h11-12,17-18,24,26H,7-10,13H2,1-6H3;1H/t17-;/m1./s1. The Kier molecular flexibility index (Phi) is 8.10. The second kappa shape index (κ2) is 9.06. The fourth-order valence-electron chi connectivity index (χ4n) is 3.55. The number of phenolic OH excluding ortho intramolecular Hbond substituents is 1. The number of alkyl halides is 2. The first-order valence-electron chi connectivity index (χ1n) is 9.52. The molecule has 156 valence electrons. The van der Waals surface area contributed by atoms with Gasteiger partial charge in [0.25, 0.3) is 0 Å². The maximum Gasteiger partial charge on any atom is 0.240 e. The van der Waals surface area contributed by atoms with Crippen LogP contribution in [0.3, 0.4) is 0 Å². The van der Waals surface area contributed by atoms with Gasteiger partial charge in [-0.1, -0.05) is 47.6 Å². The van der Waals surface area contributed by atoms with Gasteiger partial charge < -0.3 is 10.4 Å². The summed E-state index contributed by atoms with van der Waals surface area (Å²) in [6.45, 7) is 15.5. The van der Waals surface area contributed by atoms with E-state index in [1.165, 1.54) is 0 Å². The van der Waals surface area contributed by atoms with E-state index in [9.17, 15) is 13.9 Å². The molecule has 1 aromatic rings. The van der Waals surface area contributed by atoms with E-state index in [0.29, 0.717) is 18.7 Å². The number of phenols is 1. The molecule has 0 saturated carbocycles. The molecule has 1 atom stereocenters. The van der Waals surface area contributed by atoms with Crippen LogP contribution in [0.2, 0.25) is 0 Å². The van der Waals surface area contributed by atoms with Gasteiger partial charge in [-0.05, 0) is 28.0 Å². The Balaban J connectivity index is 0.00000364. The van der Waals surface area contributed by atoms with Crippen LogP contribution in [-0.2, 0) is 10.8 Å². The van der Waals surface area contributed by atoms with Crippen LogP contribution in [0.4, 0.5) is 8.78 Å². The summed E-state index contributed by atoms with van der Waals surface area (Å²) in [5.41, 5.74) is 2.16. The summed E-state index contributed by atoms with van der Waals surface area (Å²) in [6.07, 6.45) is -2.67. The van der Waals surface area contributed by atoms with Crippen molar-refractivity contribution in [3.05, 3.63) is 28.8 Å². The maximum absolute atomic E-state index is 13.4. The van der Waals surface area contributed by atoms with Gasteiger partial charge in [0.15, 0.2) is 0 Å². The topological polar surface area (TPSA) is 35.5 Å². The lowest BCUT2D eigenvalue weighted by molar-refractivity contribution is 0.0728. The lowest BCUT2D eigenvalue weighted by Gasteiger charge is -2.37. The molecule has 0 spiro atoms. The minimum absolute atomic E-state index is 0. The average Bonchev–Trinajstić information content (AvgIpc) is 2.51. The molecular weight excluding hydrogens is 370 g/mol. The molecule has 0 aromatic heterocycles. The summed E-state index contributed by atoms with van der Waals surface area (Å²) in [5.74, 6) is 0.176. The first kappa shape index (κ1) is 24.1. The van der Waals surface area contributed by atoms with Crippen LogP contribution >= 0.6 is 12.4 Å². The van der Waals surface area contributed by atoms with Crippen LogP contribution in [0.15, 0.2) is 12.1 Å². The van der Waals surface area contributed by atoms with Crippen LogP contribution in [0.1, 0.15) is 70.7 Å². The first-order valence-corrected chi connectivity index (χ1v) is 9.52. The summed E-state index contributed by atoms with van der Waals surface area (Å²) < 4.78 is 26.8. The number of piperazine rings is 1. The maximum atomic E-state index is 13.4. The zero-order chi connectivity index (χ0) is 19.7. The van der Waals surface area contributed by atoms with Gasteiger partial charge in [-0.3, -0.25) is 4.90 Å². The van der Waals surface area contributed by atoms with Gasteiger partial charge >= 0.3 is 0 Å². The van der Waals surface area contributed by atoms with Crippen molar-refractivity contribution in [1.82, 2.24) is 10.2 Å². The number of nitrogens with one attached hydrogen (secondary N) is 1. The lowest BCUT2D eigenvalue weighted by Crippen LogP contribution is -2.45. The number of nitrogens with zero attached hydrogens (tertiary/aromatic N) is 1. The predicted molar refractivity (Wildman–Crippen MR) is 111 cm³/mol. The third-order valence-electron chi connectivity index (χ3n) is 5.17. The van der Waals surface area contributed by atoms with Crippen molar-refractivity contribution in [2.45, 2.75) is 71.3 Å². The monoisotopic (exact) mass is 404 g/mol. The second-order valence-electron chi connectivity index (χ2n) is 9.39. The number of hydrogen-bond donors (Lipinski definition) is 2. The highest BCUT2D eigenvalue weighted by atomic mass is 35.5. The summed E-state index contributed by atoms with van der Waals surface area (Å²) in [6, 6.07) is 3.51. The third-order valence-corrected chi connectivity index (χ3v) is 5.17. The average molecular weight is 405 g/mol. The van der Waals surface area contributed by atoms with Crippen molar-refractivity contribution >= 4 is 12.4 Å². The van der Waals surface area contributed by atoms with E-state index in [1.807, 2.05) is 32.9 Å². The smallest absolute Gasteiger partial charge is 0.240 e. The van der Waals surface area contributed by atoms with Crippen LogP contribution in [0.25, 0.3) is 0 Å². The van der Waals surface area contributed by atoms with Crippen molar-refractivity contribution in [1.29, 1.82) is 0 Å². The molecule has 1 aromatic carbocycles. The number of benzene rings is 1. The SMILES string of the molecule is CC(C)(C)c1cc([C@@H](CC(F)F)N2CCNCC2)c(O)c(C(C)(C)C)c1.Cl. The largest absolute Gasteiger partial charge is 0.507 e. The highest BCUT2D eigenvalue weighted by Crippen LogP contribution is 2.42. The molecule has 2 N–H and O–H groups in total. The van der Waals surface area contributed by atoms with Gasteiger partial charge in [-0.25, -0.2) is 8.78 Å². The van der Waals surface area contributed by atoms with Crippen molar-refractivity contribution in [3.8, 4) is 5.75 Å². The summed E-state index contributed by atoms with van der Waals surface area (Å²) >= 11 is 0. The highest BCUT2D eigenvalue weighted by Gasteiger charge is 2.32. The summed E-state index contributed by atoms with van der Waals surface area (Å²) in [7, 11) is 0. The van der Waals surface area contributed by atoms with Crippen molar-refractivity contribution < 1.29 is 13.9 Å². The summed E-state index contributed by atoms with van der Waals surface area (Å²) in [5, 5.41) is 14.3. The number of hydrogen-bond acceptors (Lipinski definition) is 3. The molecule has 1 fully saturated rings. The molecule has 1 aliphatic heterocycles. The first-order chi connectivity index (χ1) is 11.9. The molecule has 0 aliphatic carbocycles. The van der Waals surface area contributed by atoms with E-state index in [1.54, 1.807) is 0 Å². The van der Waals surface area contributed by atoms with Gasteiger partial charge in [-0.15, -0.1) is 12.4 Å². The molecule has 1 saturated heterocycles. The molecule has 2 rings (SSSR count). The Labute approximate surface area is 168 Å². The molecule has 6 heteroatoms. The Morgan fingerprint density at radius 2 is 1.59 bits per heavy atom. The molecule has 0 radical (unpaired) electrons. The molecule has 0 unspecified atom stereocenters. The normalized spacial score (nSPS) is 17.7. The minimum atomic E-state index is -2.41. The Hall–Kier alpha value is -0.910. The zero-order valence-corrected chi connectivity index (χ0v) is 18.2. The Morgan fingerprint density at radius 1 is 1.04 bits per heavy atom. The van der Waals surface area contributed by atoms with Crippen LogP contribution in [-0.4, -0.2) is 42.6 Å². The lowest BCUT2D eigenvalue weighted by atomic mass is 9.77. The fraction of sp³-hybridized carbons (Fsp3) is 0.714. The molecule has 1 aliphatic rings. The van der Waals surface area contributed by atoms with E-state index < -0.39 is 12.5 Å². The molecule has 3 nitrogen and oxygen atoms in total. The van der Waals surface area contributed by atoms with Gasteiger partial charge in [0.1, 0.15) is 5.75 Å². The number of aromatic hydroxyl groups is 1. The van der Waals surface area contributed by atoms with Crippen molar-refractivity contribution in [2.75, 3.05) is 26.2 Å². The van der Waals surface area contributed by atoms with Crippen LogP contribution < -0.4 is 5.32 Å². The van der Waals surface area contributed by atoms with E-state index >= 15 is 0 Å². The zero-order valence-electron chi connectivity index (χ0n) is 17.4. The van der Waals surface area contributed by atoms with Crippen LogP contribution in [0.5, 0.6) is 5.75 Å². The van der Waals surface area contributed by atoms with Crippen LogP contribution in [0, 0.1) is 0 Å². The van der Waals surface area contributed by atoms with E-state index in [2.05, 4.69) is 31.0 Å². The van der Waals surface area contributed by atoms with Gasteiger partial charge in [0.2, 0.25) is 6.43 Å². The van der Waals surface area contributed by atoms with Gasteiger partial charge in [0, 0.05) is 44.2 Å². The van der Waals surface area contributed by atoms with E-state index in [4.69, 9.17) is 0 Å². The molecule has 27 heavy (non-hydrogen) atoms. The molecule has 0 bridgehead atoms. The Bertz CT molecular complexity index is 618.